The van der Waals surface area contributed by atoms with Crippen molar-refractivity contribution in [3.63, 3.8) is 0 Å². The van der Waals surface area contributed by atoms with Crippen LogP contribution in [0.5, 0.6) is 0 Å². The fraction of sp³-hybridized carbons (Fsp3) is 0.857. The van der Waals surface area contributed by atoms with Gasteiger partial charge >= 0.3 is 5.97 Å². The van der Waals surface area contributed by atoms with Crippen molar-refractivity contribution in [1.29, 1.82) is 0 Å². The van der Waals surface area contributed by atoms with Crippen LogP contribution in [0.3, 0.4) is 0 Å². The Morgan fingerprint density at radius 3 is 2.45 bits per heavy atom. The molecule has 6 nitrogen and oxygen atoms in total. The Labute approximate surface area is 120 Å². The third kappa shape index (κ3) is 5.46. The first-order chi connectivity index (χ1) is 9.35. The Hall–Kier alpha value is -1.14. The molecule has 0 aromatic carbocycles. The van der Waals surface area contributed by atoms with Gasteiger partial charge in [0.25, 0.3) is 0 Å². The van der Waals surface area contributed by atoms with Crippen molar-refractivity contribution in [1.82, 2.24) is 10.2 Å². The number of piperidine rings is 1. The molecule has 0 spiro atoms. The molecular weight excluding hydrogens is 260 g/mol. The number of hydrogen-bond acceptors (Lipinski definition) is 4. The number of amides is 1. The first-order valence-corrected chi connectivity index (χ1v) is 7.29. The molecule has 1 atom stereocenters. The fourth-order valence-corrected chi connectivity index (χ4v) is 2.55. The van der Waals surface area contributed by atoms with Gasteiger partial charge in [-0.05, 0) is 26.2 Å². The average molecular weight is 286 g/mol. The molecule has 0 aromatic heterocycles. The predicted molar refractivity (Wildman–Crippen MR) is 75.3 cm³/mol. The number of nitrogens with one attached hydrogen (secondary N) is 1. The van der Waals surface area contributed by atoms with Gasteiger partial charge in [-0.15, -0.1) is 0 Å². The van der Waals surface area contributed by atoms with E-state index in [1.165, 1.54) is 0 Å². The van der Waals surface area contributed by atoms with Gasteiger partial charge in [0, 0.05) is 19.6 Å². The van der Waals surface area contributed by atoms with Gasteiger partial charge in [0.2, 0.25) is 5.91 Å². The van der Waals surface area contributed by atoms with Crippen LogP contribution in [-0.2, 0) is 9.59 Å². The minimum absolute atomic E-state index is 0.0267. The van der Waals surface area contributed by atoms with Crippen molar-refractivity contribution < 1.29 is 19.8 Å². The summed E-state index contributed by atoms with van der Waals surface area (Å²) in [6, 6.07) is 0. The van der Waals surface area contributed by atoms with Crippen molar-refractivity contribution in [3.05, 3.63) is 0 Å². The van der Waals surface area contributed by atoms with Gasteiger partial charge in [-0.1, -0.05) is 13.3 Å². The largest absolute Gasteiger partial charge is 0.481 e. The highest BCUT2D eigenvalue weighted by Gasteiger charge is 2.27. The summed E-state index contributed by atoms with van der Waals surface area (Å²) in [5.41, 5.74) is -0.786. The molecule has 1 unspecified atom stereocenters. The number of aliphatic carboxylic acids is 1. The monoisotopic (exact) mass is 286 g/mol. The maximum absolute atomic E-state index is 12.0. The number of carbonyl (C=O) groups excluding carboxylic acids is 1. The van der Waals surface area contributed by atoms with Gasteiger partial charge in [0.05, 0.1) is 18.1 Å². The molecule has 0 aromatic rings. The van der Waals surface area contributed by atoms with Crippen molar-refractivity contribution in [2.75, 3.05) is 26.2 Å². The van der Waals surface area contributed by atoms with E-state index in [2.05, 4.69) is 5.32 Å². The maximum atomic E-state index is 12.0. The van der Waals surface area contributed by atoms with Crippen molar-refractivity contribution in [2.24, 2.45) is 5.92 Å². The van der Waals surface area contributed by atoms with Crippen LogP contribution in [0.4, 0.5) is 0 Å². The van der Waals surface area contributed by atoms with E-state index in [9.17, 15) is 14.7 Å². The Bertz CT molecular complexity index is 336. The topological polar surface area (TPSA) is 89.9 Å². The van der Waals surface area contributed by atoms with E-state index in [1.807, 2.05) is 6.92 Å². The lowest BCUT2D eigenvalue weighted by atomic mass is 9.97. The fourth-order valence-electron chi connectivity index (χ4n) is 2.55. The van der Waals surface area contributed by atoms with Gasteiger partial charge in [0.1, 0.15) is 0 Å². The lowest BCUT2D eigenvalue weighted by Gasteiger charge is -2.30. The number of carboxylic acids is 1. The average Bonchev–Trinajstić information content (AvgIpc) is 2.38. The Kier molecular flexibility index (Phi) is 6.42. The number of aliphatic hydroxyl groups is 1. The highest BCUT2D eigenvalue weighted by molar-refractivity contribution is 5.78. The molecule has 1 fully saturated rings. The third-order valence-corrected chi connectivity index (χ3v) is 3.77. The summed E-state index contributed by atoms with van der Waals surface area (Å²) in [6.07, 6.45) is 2.63. The van der Waals surface area contributed by atoms with E-state index < -0.39 is 11.6 Å². The van der Waals surface area contributed by atoms with Crippen LogP contribution < -0.4 is 5.32 Å². The summed E-state index contributed by atoms with van der Waals surface area (Å²) in [5.74, 6) is -1.12. The quantitative estimate of drug-likeness (QED) is 0.632. The zero-order valence-electron chi connectivity index (χ0n) is 12.4. The van der Waals surface area contributed by atoms with Gasteiger partial charge in [0.15, 0.2) is 0 Å². The molecule has 116 valence electrons. The maximum Gasteiger partial charge on any atom is 0.306 e. The predicted octanol–water partition coefficient (Wildman–Crippen LogP) is 0.450. The SMILES string of the molecule is CCCC(C)(O)CNCC(=O)N1CCC(C(=O)O)CC1. The van der Waals surface area contributed by atoms with Crippen LogP contribution in [0, 0.1) is 5.92 Å². The molecule has 0 saturated carbocycles. The smallest absolute Gasteiger partial charge is 0.306 e. The van der Waals surface area contributed by atoms with E-state index in [1.54, 1.807) is 11.8 Å². The highest BCUT2D eigenvalue weighted by atomic mass is 16.4. The van der Waals surface area contributed by atoms with Gasteiger partial charge in [-0.3, -0.25) is 9.59 Å². The lowest BCUT2D eigenvalue weighted by molar-refractivity contribution is -0.145. The zero-order chi connectivity index (χ0) is 15.2. The second kappa shape index (κ2) is 7.59. The van der Waals surface area contributed by atoms with Crippen molar-refractivity contribution in [3.8, 4) is 0 Å². The summed E-state index contributed by atoms with van der Waals surface area (Å²) in [7, 11) is 0. The Balaban J connectivity index is 2.26. The van der Waals surface area contributed by atoms with Crippen LogP contribution >= 0.6 is 0 Å². The molecule has 0 aliphatic carbocycles. The number of carboxylic acid groups (broad SMARTS) is 1. The molecule has 1 heterocycles. The van der Waals surface area contributed by atoms with Crippen molar-refractivity contribution in [2.45, 2.75) is 45.1 Å². The van der Waals surface area contributed by atoms with E-state index in [0.717, 1.165) is 6.42 Å². The molecule has 1 aliphatic rings. The van der Waals surface area contributed by atoms with E-state index >= 15 is 0 Å². The summed E-state index contributed by atoms with van der Waals surface area (Å²) in [6.45, 7) is 5.35. The first kappa shape index (κ1) is 16.9. The van der Waals surface area contributed by atoms with Crippen LogP contribution in [0.2, 0.25) is 0 Å². The number of likely N-dealkylation sites (tertiary alicyclic amines) is 1. The molecule has 1 rings (SSSR count). The number of nitrogens with zero attached hydrogens (tertiary/aromatic N) is 1. The standard InChI is InChI=1S/C14H26N2O4/c1-3-6-14(2,20)10-15-9-12(17)16-7-4-11(5-8-16)13(18)19/h11,15,20H,3-10H2,1-2H3,(H,18,19). The molecule has 0 bridgehead atoms. The molecule has 6 heteroatoms. The second-order valence-electron chi connectivity index (χ2n) is 5.84. The van der Waals surface area contributed by atoms with Crippen LogP contribution in [0.1, 0.15) is 39.5 Å². The summed E-state index contributed by atoms with van der Waals surface area (Å²) in [5, 5.41) is 21.9. The van der Waals surface area contributed by atoms with Gasteiger partial charge in [-0.25, -0.2) is 0 Å². The van der Waals surface area contributed by atoms with Crippen LogP contribution in [-0.4, -0.2) is 58.8 Å². The third-order valence-electron chi connectivity index (χ3n) is 3.77. The Morgan fingerprint density at radius 2 is 1.95 bits per heavy atom. The molecule has 1 amide bonds. The van der Waals surface area contributed by atoms with Crippen LogP contribution in [0.15, 0.2) is 0 Å². The van der Waals surface area contributed by atoms with Crippen molar-refractivity contribution >= 4 is 11.9 Å². The van der Waals surface area contributed by atoms with Gasteiger partial charge < -0.3 is 20.4 Å². The van der Waals surface area contributed by atoms with Gasteiger partial charge in [-0.2, -0.15) is 0 Å². The van der Waals surface area contributed by atoms with E-state index in [0.29, 0.717) is 38.9 Å². The lowest BCUT2D eigenvalue weighted by Crippen LogP contribution is -2.46. The molecule has 1 saturated heterocycles. The number of rotatable bonds is 7. The summed E-state index contributed by atoms with van der Waals surface area (Å²) in [4.78, 5) is 24.5. The minimum atomic E-state index is -0.786. The second-order valence-corrected chi connectivity index (χ2v) is 5.84. The molecule has 1 aliphatic heterocycles. The van der Waals surface area contributed by atoms with E-state index in [-0.39, 0.29) is 18.4 Å². The van der Waals surface area contributed by atoms with Crippen LogP contribution in [0.25, 0.3) is 0 Å². The molecule has 0 radical (unpaired) electrons. The molecule has 3 N–H and O–H groups in total. The van der Waals surface area contributed by atoms with E-state index in [4.69, 9.17) is 5.11 Å². The number of carbonyl (C=O) groups is 2. The normalized spacial score (nSPS) is 19.6. The summed E-state index contributed by atoms with van der Waals surface area (Å²) >= 11 is 0. The highest BCUT2D eigenvalue weighted by Crippen LogP contribution is 2.17. The Morgan fingerprint density at radius 1 is 1.35 bits per heavy atom. The number of hydrogen-bond donors (Lipinski definition) is 3. The molecule has 20 heavy (non-hydrogen) atoms. The minimum Gasteiger partial charge on any atom is -0.481 e. The summed E-state index contributed by atoms with van der Waals surface area (Å²) < 4.78 is 0. The zero-order valence-corrected chi connectivity index (χ0v) is 12.4. The first-order valence-electron chi connectivity index (χ1n) is 7.29. The molecular formula is C14H26N2O4.